The van der Waals surface area contributed by atoms with Crippen LogP contribution < -0.4 is 4.74 Å². The van der Waals surface area contributed by atoms with Gasteiger partial charge < -0.3 is 9.64 Å². The lowest BCUT2D eigenvalue weighted by molar-refractivity contribution is 0.176. The van der Waals surface area contributed by atoms with Gasteiger partial charge in [0.15, 0.2) is 0 Å². The van der Waals surface area contributed by atoms with Gasteiger partial charge in [0.2, 0.25) is 0 Å². The second kappa shape index (κ2) is 7.44. The molecule has 0 bridgehead atoms. The minimum Gasteiger partial charge on any atom is -0.495 e. The Hall–Kier alpha value is -1.57. The monoisotopic (exact) mass is 287 g/mol. The summed E-state index contributed by atoms with van der Waals surface area (Å²) < 4.78 is 5.21. The first-order valence-corrected chi connectivity index (χ1v) is 7.67. The summed E-state index contributed by atoms with van der Waals surface area (Å²) in [5.74, 6) is 0.656. The van der Waals surface area contributed by atoms with Gasteiger partial charge in [0.05, 0.1) is 12.7 Å². The van der Waals surface area contributed by atoms with Gasteiger partial charge in [-0.25, -0.2) is 0 Å². The Balaban J connectivity index is 2.14. The SMILES string of the molecule is CCC1CN(C)CCCN1Cc1ccc(OC)c(C#N)c1. The van der Waals surface area contributed by atoms with Crippen molar-refractivity contribution < 1.29 is 4.74 Å². The molecule has 0 aliphatic carbocycles. The Morgan fingerprint density at radius 2 is 2.19 bits per heavy atom. The first kappa shape index (κ1) is 15.8. The number of hydrogen-bond acceptors (Lipinski definition) is 4. The van der Waals surface area contributed by atoms with E-state index < -0.39 is 0 Å². The van der Waals surface area contributed by atoms with Crippen LogP contribution in [0.25, 0.3) is 0 Å². The highest BCUT2D eigenvalue weighted by Gasteiger charge is 2.22. The number of hydrogen-bond donors (Lipinski definition) is 0. The minimum atomic E-state index is 0.588. The third kappa shape index (κ3) is 3.96. The second-order valence-electron chi connectivity index (χ2n) is 5.79. The molecule has 1 aromatic rings. The number of rotatable bonds is 4. The van der Waals surface area contributed by atoms with E-state index in [0.29, 0.717) is 17.4 Å². The quantitative estimate of drug-likeness (QED) is 0.853. The molecule has 1 atom stereocenters. The zero-order chi connectivity index (χ0) is 15.2. The van der Waals surface area contributed by atoms with Crippen LogP contribution in [0, 0.1) is 11.3 Å². The smallest absolute Gasteiger partial charge is 0.136 e. The van der Waals surface area contributed by atoms with Crippen LogP contribution in [0.5, 0.6) is 5.75 Å². The van der Waals surface area contributed by atoms with Crippen molar-refractivity contribution in [2.45, 2.75) is 32.4 Å². The minimum absolute atomic E-state index is 0.588. The highest BCUT2D eigenvalue weighted by Crippen LogP contribution is 2.21. The number of benzene rings is 1. The topological polar surface area (TPSA) is 39.5 Å². The van der Waals surface area contributed by atoms with Crippen LogP contribution in [0.4, 0.5) is 0 Å². The molecule has 114 valence electrons. The first-order valence-electron chi connectivity index (χ1n) is 7.67. The van der Waals surface area contributed by atoms with Crippen molar-refractivity contribution in [1.29, 1.82) is 5.26 Å². The Labute approximate surface area is 127 Å². The summed E-state index contributed by atoms with van der Waals surface area (Å²) in [6.45, 7) is 6.57. The zero-order valence-electron chi connectivity index (χ0n) is 13.3. The van der Waals surface area contributed by atoms with Gasteiger partial charge in [-0.1, -0.05) is 13.0 Å². The van der Waals surface area contributed by atoms with Gasteiger partial charge in [-0.15, -0.1) is 0 Å². The van der Waals surface area contributed by atoms with Crippen molar-refractivity contribution in [2.75, 3.05) is 33.8 Å². The summed E-state index contributed by atoms with van der Waals surface area (Å²) in [6, 6.07) is 8.74. The van der Waals surface area contributed by atoms with E-state index in [0.717, 1.165) is 26.1 Å². The third-order valence-corrected chi connectivity index (χ3v) is 4.27. The summed E-state index contributed by atoms with van der Waals surface area (Å²) in [4.78, 5) is 4.97. The van der Waals surface area contributed by atoms with Crippen molar-refractivity contribution in [2.24, 2.45) is 0 Å². The van der Waals surface area contributed by atoms with Gasteiger partial charge in [-0.05, 0) is 44.1 Å². The predicted octanol–water partition coefficient (Wildman–Crippen LogP) is 2.48. The highest BCUT2D eigenvalue weighted by molar-refractivity contribution is 5.45. The van der Waals surface area contributed by atoms with E-state index in [1.54, 1.807) is 7.11 Å². The number of nitriles is 1. The van der Waals surface area contributed by atoms with E-state index in [1.165, 1.54) is 18.5 Å². The molecule has 4 heteroatoms. The van der Waals surface area contributed by atoms with E-state index in [2.05, 4.69) is 35.9 Å². The molecule has 0 N–H and O–H groups in total. The fourth-order valence-electron chi connectivity index (χ4n) is 3.06. The van der Waals surface area contributed by atoms with Gasteiger partial charge in [0.25, 0.3) is 0 Å². The number of ether oxygens (including phenoxy) is 1. The lowest BCUT2D eigenvalue weighted by Crippen LogP contribution is -2.39. The van der Waals surface area contributed by atoms with Crippen molar-refractivity contribution in [3.8, 4) is 11.8 Å². The maximum absolute atomic E-state index is 9.21. The van der Waals surface area contributed by atoms with Crippen LogP contribution in [0.2, 0.25) is 0 Å². The largest absolute Gasteiger partial charge is 0.495 e. The molecule has 0 aromatic heterocycles. The molecule has 1 unspecified atom stereocenters. The summed E-state index contributed by atoms with van der Waals surface area (Å²) in [7, 11) is 3.81. The van der Waals surface area contributed by atoms with Crippen LogP contribution in [0.3, 0.4) is 0 Å². The van der Waals surface area contributed by atoms with Gasteiger partial charge in [0, 0.05) is 25.7 Å². The highest BCUT2D eigenvalue weighted by atomic mass is 16.5. The molecule has 21 heavy (non-hydrogen) atoms. The normalized spacial score (nSPS) is 20.8. The lowest BCUT2D eigenvalue weighted by atomic mass is 10.1. The molecule has 1 aliphatic rings. The fraction of sp³-hybridized carbons (Fsp3) is 0.588. The van der Waals surface area contributed by atoms with Gasteiger partial charge in [-0.3, -0.25) is 4.90 Å². The molecule has 4 nitrogen and oxygen atoms in total. The van der Waals surface area contributed by atoms with Crippen molar-refractivity contribution in [3.63, 3.8) is 0 Å². The summed E-state index contributed by atoms with van der Waals surface area (Å²) in [5.41, 5.74) is 1.81. The Morgan fingerprint density at radius 1 is 1.38 bits per heavy atom. The molecule has 0 amide bonds. The third-order valence-electron chi connectivity index (χ3n) is 4.27. The molecule has 1 heterocycles. The molecule has 1 aromatic carbocycles. The molecule has 0 spiro atoms. The second-order valence-corrected chi connectivity index (χ2v) is 5.79. The summed E-state index contributed by atoms with van der Waals surface area (Å²) in [6.07, 6.45) is 2.36. The molecule has 0 saturated carbocycles. The van der Waals surface area contributed by atoms with Crippen LogP contribution in [0.15, 0.2) is 18.2 Å². The molecule has 0 radical (unpaired) electrons. The van der Waals surface area contributed by atoms with Crippen LogP contribution in [-0.2, 0) is 6.54 Å². The molecule has 1 fully saturated rings. The average molecular weight is 287 g/mol. The summed E-state index contributed by atoms with van der Waals surface area (Å²) in [5, 5.41) is 9.21. The van der Waals surface area contributed by atoms with Crippen molar-refractivity contribution in [1.82, 2.24) is 9.80 Å². The van der Waals surface area contributed by atoms with E-state index in [-0.39, 0.29) is 0 Å². The number of nitrogens with zero attached hydrogens (tertiary/aromatic N) is 3. The first-order chi connectivity index (χ1) is 10.2. The maximum Gasteiger partial charge on any atom is 0.136 e. The molecular formula is C17H25N3O. The summed E-state index contributed by atoms with van der Waals surface area (Å²) >= 11 is 0. The molecule has 2 rings (SSSR count). The van der Waals surface area contributed by atoms with Gasteiger partial charge in [0.1, 0.15) is 11.8 Å². The van der Waals surface area contributed by atoms with Crippen LogP contribution >= 0.6 is 0 Å². The average Bonchev–Trinajstić information content (AvgIpc) is 2.68. The van der Waals surface area contributed by atoms with Crippen LogP contribution in [-0.4, -0.2) is 49.6 Å². The Kier molecular flexibility index (Phi) is 5.60. The maximum atomic E-state index is 9.21. The van der Waals surface area contributed by atoms with E-state index in [9.17, 15) is 5.26 Å². The van der Waals surface area contributed by atoms with Crippen molar-refractivity contribution >= 4 is 0 Å². The predicted molar refractivity (Wildman–Crippen MR) is 84.3 cm³/mol. The van der Waals surface area contributed by atoms with E-state index >= 15 is 0 Å². The van der Waals surface area contributed by atoms with Crippen molar-refractivity contribution in [3.05, 3.63) is 29.3 Å². The van der Waals surface area contributed by atoms with E-state index in [4.69, 9.17) is 4.74 Å². The Bertz CT molecular complexity index is 509. The van der Waals surface area contributed by atoms with Gasteiger partial charge >= 0.3 is 0 Å². The van der Waals surface area contributed by atoms with E-state index in [1.807, 2.05) is 12.1 Å². The molecule has 1 saturated heterocycles. The Morgan fingerprint density at radius 3 is 2.86 bits per heavy atom. The standard InChI is InChI=1S/C17H25N3O/c1-4-16-13-19(2)8-5-9-20(16)12-14-6-7-17(21-3)15(10-14)11-18/h6-7,10,16H,4-5,8-9,12-13H2,1-3H3. The number of methoxy groups -OCH3 is 1. The van der Waals surface area contributed by atoms with Gasteiger partial charge in [-0.2, -0.15) is 5.26 Å². The zero-order valence-corrected chi connectivity index (χ0v) is 13.3. The lowest BCUT2D eigenvalue weighted by Gasteiger charge is -2.30. The number of likely N-dealkylation sites (N-methyl/N-ethyl adjacent to an activating group) is 1. The fourth-order valence-corrected chi connectivity index (χ4v) is 3.06. The molecule has 1 aliphatic heterocycles. The molecular weight excluding hydrogens is 262 g/mol. The van der Waals surface area contributed by atoms with Crippen LogP contribution in [0.1, 0.15) is 30.9 Å².